The smallest absolute Gasteiger partial charge is 0.265 e. The van der Waals surface area contributed by atoms with E-state index in [2.05, 4.69) is 0 Å². The summed E-state index contributed by atoms with van der Waals surface area (Å²) in [5, 5.41) is 0. The first-order valence-corrected chi connectivity index (χ1v) is 7.36. The van der Waals surface area contributed by atoms with E-state index in [0.29, 0.717) is 24.7 Å². The van der Waals surface area contributed by atoms with Crippen LogP contribution in [-0.2, 0) is 14.9 Å². The van der Waals surface area contributed by atoms with Crippen LogP contribution in [0.15, 0.2) is 0 Å². The molecule has 0 saturated heterocycles. The van der Waals surface area contributed by atoms with E-state index in [1.54, 1.807) is 0 Å². The van der Waals surface area contributed by atoms with Crippen LogP contribution in [0.3, 0.4) is 0 Å². The molecule has 0 aromatic rings. The monoisotopic (exact) mass is 246 g/mol. The normalized spacial score (nSPS) is 38.6. The van der Waals surface area contributed by atoms with Crippen molar-refractivity contribution in [3.8, 4) is 0 Å². The first kappa shape index (κ1) is 12.0. The molecule has 3 atom stereocenters. The van der Waals surface area contributed by atoms with E-state index in [-0.39, 0.29) is 17.5 Å². The van der Waals surface area contributed by atoms with Crippen molar-refractivity contribution >= 4 is 15.9 Å². The number of fused-ring (bicyclic) bond motifs is 2. The van der Waals surface area contributed by atoms with Crippen molar-refractivity contribution in [1.82, 2.24) is 0 Å². The molecule has 0 aliphatic heterocycles. The molecule has 2 aliphatic rings. The van der Waals surface area contributed by atoms with Crippen molar-refractivity contribution < 1.29 is 17.8 Å². The minimum atomic E-state index is -4.07. The summed E-state index contributed by atoms with van der Waals surface area (Å²) in [6.45, 7) is 4.06. The second-order valence-electron chi connectivity index (χ2n) is 5.58. The second-order valence-corrected chi connectivity index (χ2v) is 7.03. The lowest BCUT2D eigenvalue weighted by Gasteiger charge is -2.31. The van der Waals surface area contributed by atoms with E-state index in [1.807, 2.05) is 13.8 Å². The van der Waals surface area contributed by atoms with Crippen molar-refractivity contribution in [3.63, 3.8) is 0 Å². The third kappa shape index (κ3) is 1.70. The van der Waals surface area contributed by atoms with Crippen LogP contribution >= 0.6 is 0 Å². The lowest BCUT2D eigenvalue weighted by Crippen LogP contribution is -2.39. The van der Waals surface area contributed by atoms with Crippen molar-refractivity contribution in [2.45, 2.75) is 33.1 Å². The molecule has 0 spiro atoms. The average molecular weight is 246 g/mol. The maximum atomic E-state index is 12.0. The number of hydrogen-bond acceptors (Lipinski definition) is 3. The molecule has 1 N–H and O–H groups in total. The number of carbonyl (C=O) groups excluding carboxylic acids is 1. The molecule has 1 unspecified atom stereocenters. The van der Waals surface area contributed by atoms with Gasteiger partial charge in [0.1, 0.15) is 5.78 Å². The highest BCUT2D eigenvalue weighted by atomic mass is 32.2. The maximum Gasteiger partial charge on any atom is 0.265 e. The Morgan fingerprint density at radius 1 is 1.50 bits per heavy atom. The molecule has 4 nitrogen and oxygen atoms in total. The zero-order chi connectivity index (χ0) is 12.1. The fourth-order valence-corrected chi connectivity index (χ4v) is 5.14. The Hall–Kier alpha value is -0.420. The van der Waals surface area contributed by atoms with Crippen LogP contribution in [0.4, 0.5) is 0 Å². The number of Topliss-reactive ketones (excluding diaryl/α,β-unsaturated/α-hetero) is 1. The van der Waals surface area contributed by atoms with E-state index < -0.39 is 15.5 Å². The largest absolute Gasteiger partial charge is 0.299 e. The van der Waals surface area contributed by atoms with Gasteiger partial charge in [-0.2, -0.15) is 8.42 Å². The van der Waals surface area contributed by atoms with Crippen LogP contribution in [0.2, 0.25) is 0 Å². The van der Waals surface area contributed by atoms with Crippen molar-refractivity contribution in [2.75, 3.05) is 5.75 Å². The van der Waals surface area contributed by atoms with Gasteiger partial charge in [0.15, 0.2) is 0 Å². The van der Waals surface area contributed by atoms with Crippen molar-refractivity contribution in [2.24, 2.45) is 23.2 Å². The lowest BCUT2D eigenvalue weighted by atomic mass is 9.75. The fourth-order valence-electron chi connectivity index (χ4n) is 3.99. The van der Waals surface area contributed by atoms with Gasteiger partial charge in [-0.1, -0.05) is 13.8 Å². The molecule has 0 aromatic carbocycles. The van der Waals surface area contributed by atoms with Gasteiger partial charge in [-0.3, -0.25) is 9.35 Å². The van der Waals surface area contributed by atoms with Crippen LogP contribution in [0.25, 0.3) is 0 Å². The number of ketones is 1. The molecular formula is C11H18O4S. The Bertz CT molecular complexity index is 412. The minimum Gasteiger partial charge on any atom is -0.299 e. The summed E-state index contributed by atoms with van der Waals surface area (Å²) in [5.41, 5.74) is -0.785. The van der Waals surface area contributed by atoms with Gasteiger partial charge in [0, 0.05) is 11.8 Å². The van der Waals surface area contributed by atoms with E-state index in [4.69, 9.17) is 4.55 Å². The Morgan fingerprint density at radius 2 is 2.12 bits per heavy atom. The molecule has 5 heteroatoms. The molecule has 16 heavy (non-hydrogen) atoms. The summed E-state index contributed by atoms with van der Waals surface area (Å²) in [4.78, 5) is 12.0. The molecule has 0 aromatic heterocycles. The molecule has 0 heterocycles. The quantitative estimate of drug-likeness (QED) is 0.766. The minimum absolute atomic E-state index is 0.0417. The molecule has 2 fully saturated rings. The Labute approximate surface area is 96.2 Å². The van der Waals surface area contributed by atoms with Gasteiger partial charge in [-0.05, 0) is 30.6 Å². The van der Waals surface area contributed by atoms with Crippen molar-refractivity contribution in [1.29, 1.82) is 0 Å². The van der Waals surface area contributed by atoms with E-state index >= 15 is 0 Å². The maximum absolute atomic E-state index is 12.0. The first-order chi connectivity index (χ1) is 7.26. The molecular weight excluding hydrogens is 228 g/mol. The first-order valence-electron chi connectivity index (χ1n) is 5.75. The van der Waals surface area contributed by atoms with Gasteiger partial charge in [-0.15, -0.1) is 0 Å². The summed E-state index contributed by atoms with van der Waals surface area (Å²) in [6, 6.07) is 0. The zero-order valence-electron chi connectivity index (χ0n) is 9.64. The van der Waals surface area contributed by atoms with Gasteiger partial charge in [0.2, 0.25) is 0 Å². The lowest BCUT2D eigenvalue weighted by molar-refractivity contribution is -0.127. The SMILES string of the molecule is CC(C)C1[C@@H]2CC[C@@]1(CS(=O)(=O)O)C(=O)C2. The highest BCUT2D eigenvalue weighted by Crippen LogP contribution is 2.59. The third-order valence-electron chi connectivity index (χ3n) is 4.27. The third-order valence-corrected chi connectivity index (χ3v) is 5.15. The summed E-state index contributed by atoms with van der Waals surface area (Å²) in [7, 11) is -4.07. The second kappa shape index (κ2) is 3.53. The Kier molecular flexibility index (Phi) is 2.66. The van der Waals surface area contributed by atoms with Gasteiger partial charge < -0.3 is 0 Å². The van der Waals surface area contributed by atoms with Gasteiger partial charge in [-0.25, -0.2) is 0 Å². The van der Waals surface area contributed by atoms with E-state index in [9.17, 15) is 13.2 Å². The molecule has 2 saturated carbocycles. The highest BCUT2D eigenvalue weighted by Gasteiger charge is 2.61. The summed E-state index contributed by atoms with van der Waals surface area (Å²) in [6.07, 6.45) is 2.04. The van der Waals surface area contributed by atoms with Crippen molar-refractivity contribution in [3.05, 3.63) is 0 Å². The molecule has 0 radical (unpaired) electrons. The van der Waals surface area contributed by atoms with E-state index in [1.165, 1.54) is 0 Å². The van der Waals surface area contributed by atoms with Crippen LogP contribution in [0.5, 0.6) is 0 Å². The van der Waals surface area contributed by atoms with Crippen LogP contribution in [0, 0.1) is 23.2 Å². The number of carbonyl (C=O) groups is 1. The van der Waals surface area contributed by atoms with Gasteiger partial charge in [0.25, 0.3) is 10.1 Å². The predicted molar refractivity (Wildman–Crippen MR) is 59.5 cm³/mol. The summed E-state index contributed by atoms with van der Waals surface area (Å²) < 4.78 is 31.2. The molecule has 0 amide bonds. The predicted octanol–water partition coefficient (Wildman–Crippen LogP) is 1.52. The molecule has 2 aliphatic carbocycles. The average Bonchev–Trinajstić information content (AvgIpc) is 2.52. The van der Waals surface area contributed by atoms with Gasteiger partial charge >= 0.3 is 0 Å². The molecule has 2 bridgehead atoms. The van der Waals surface area contributed by atoms with Crippen LogP contribution < -0.4 is 0 Å². The number of rotatable bonds is 3. The Balaban J connectivity index is 2.38. The molecule has 92 valence electrons. The topological polar surface area (TPSA) is 71.4 Å². The van der Waals surface area contributed by atoms with Gasteiger partial charge in [0.05, 0.1) is 5.75 Å². The summed E-state index contributed by atoms with van der Waals surface area (Å²) >= 11 is 0. The standard InChI is InChI=1S/C11H18O4S/c1-7(2)10-8-3-4-11(10,9(12)5-8)6-16(13,14)15/h7-8,10H,3-6H2,1-2H3,(H,13,14,15)/t8-,10?,11-/m1/s1. The van der Waals surface area contributed by atoms with Crippen LogP contribution in [-0.4, -0.2) is 24.5 Å². The van der Waals surface area contributed by atoms with Crippen LogP contribution in [0.1, 0.15) is 33.1 Å². The highest BCUT2D eigenvalue weighted by molar-refractivity contribution is 7.85. The summed E-state index contributed by atoms with van der Waals surface area (Å²) in [5.74, 6) is 0.412. The Morgan fingerprint density at radius 3 is 2.56 bits per heavy atom. The van der Waals surface area contributed by atoms with E-state index in [0.717, 1.165) is 6.42 Å². The number of hydrogen-bond donors (Lipinski definition) is 1. The molecule has 2 rings (SSSR count). The fraction of sp³-hybridized carbons (Fsp3) is 0.909. The zero-order valence-corrected chi connectivity index (χ0v) is 10.5.